The number of carbonyl (C=O) groups excluding carboxylic acids is 2. The Hall–Kier alpha value is -3.77. The van der Waals surface area contributed by atoms with Crippen molar-refractivity contribution in [2.45, 2.75) is 13.0 Å². The Morgan fingerprint density at radius 2 is 1.65 bits per heavy atom. The Labute approximate surface area is 199 Å². The Morgan fingerprint density at radius 3 is 2.38 bits per heavy atom. The van der Waals surface area contributed by atoms with Gasteiger partial charge in [-0.2, -0.15) is 0 Å². The van der Waals surface area contributed by atoms with E-state index >= 15 is 0 Å². The van der Waals surface area contributed by atoms with Crippen LogP contribution in [0.5, 0.6) is 0 Å². The normalized spacial score (nSPS) is 13.7. The van der Waals surface area contributed by atoms with Crippen molar-refractivity contribution in [1.29, 1.82) is 0 Å². The minimum atomic E-state index is -0.325. The molecule has 34 heavy (non-hydrogen) atoms. The molecule has 3 aromatic rings. The van der Waals surface area contributed by atoms with Crippen LogP contribution in [0.15, 0.2) is 84.9 Å². The summed E-state index contributed by atoms with van der Waals surface area (Å²) in [6.45, 7) is 2.58. The molecule has 3 aromatic carbocycles. The van der Waals surface area contributed by atoms with E-state index in [0.29, 0.717) is 32.0 Å². The average Bonchev–Trinajstić information content (AvgIpc) is 2.88. The second-order valence-electron chi connectivity index (χ2n) is 8.13. The molecule has 1 aliphatic heterocycles. The molecule has 4 rings (SSSR count). The molecule has 1 saturated heterocycles. The number of carbonyl (C=O) groups is 2. The van der Waals surface area contributed by atoms with Crippen LogP contribution in [0, 0.1) is 5.82 Å². The molecule has 6 heteroatoms. The van der Waals surface area contributed by atoms with Crippen molar-refractivity contribution < 1.29 is 18.7 Å². The molecule has 2 amide bonds. The smallest absolute Gasteiger partial charge is 0.251 e. The van der Waals surface area contributed by atoms with Gasteiger partial charge in [0.05, 0.1) is 26.2 Å². The summed E-state index contributed by atoms with van der Waals surface area (Å²) in [6, 6.07) is 23.2. The largest absolute Gasteiger partial charge is 0.378 e. The van der Waals surface area contributed by atoms with Gasteiger partial charge in [0.25, 0.3) is 5.91 Å². The molecule has 1 aliphatic rings. The Morgan fingerprint density at radius 1 is 0.912 bits per heavy atom. The summed E-state index contributed by atoms with van der Waals surface area (Å²) >= 11 is 0. The van der Waals surface area contributed by atoms with Crippen LogP contribution in [0.1, 0.15) is 16.7 Å². The lowest BCUT2D eigenvalue weighted by Crippen LogP contribution is -2.41. The number of nitrogens with zero attached hydrogens (tertiary/aromatic N) is 2. The van der Waals surface area contributed by atoms with Gasteiger partial charge in [-0.1, -0.05) is 54.6 Å². The van der Waals surface area contributed by atoms with Crippen LogP contribution >= 0.6 is 0 Å². The number of ether oxygens (including phenoxy) is 1. The topological polar surface area (TPSA) is 49.9 Å². The van der Waals surface area contributed by atoms with Gasteiger partial charge in [-0.05, 0) is 47.0 Å². The van der Waals surface area contributed by atoms with E-state index in [4.69, 9.17) is 4.74 Å². The van der Waals surface area contributed by atoms with Crippen LogP contribution in [0.4, 0.5) is 10.1 Å². The van der Waals surface area contributed by atoms with Crippen molar-refractivity contribution >= 4 is 23.6 Å². The number of halogens is 1. The molecule has 0 aliphatic carbocycles. The minimum absolute atomic E-state index is 0.0424. The van der Waals surface area contributed by atoms with Gasteiger partial charge in [-0.25, -0.2) is 4.39 Å². The van der Waals surface area contributed by atoms with E-state index in [1.54, 1.807) is 28.0 Å². The molecular weight excluding hydrogens is 431 g/mol. The van der Waals surface area contributed by atoms with Crippen molar-refractivity contribution in [2.24, 2.45) is 0 Å². The number of amides is 2. The van der Waals surface area contributed by atoms with Crippen LogP contribution in [0.2, 0.25) is 0 Å². The predicted molar refractivity (Wildman–Crippen MR) is 131 cm³/mol. The van der Waals surface area contributed by atoms with Crippen molar-refractivity contribution in [3.8, 4) is 0 Å². The molecule has 0 bridgehead atoms. The predicted octanol–water partition coefficient (Wildman–Crippen LogP) is 4.47. The fraction of sp³-hybridized carbons (Fsp3) is 0.214. The Bertz CT molecular complexity index is 1140. The first-order valence-corrected chi connectivity index (χ1v) is 11.3. The third kappa shape index (κ3) is 6.39. The van der Waals surface area contributed by atoms with Crippen LogP contribution in [-0.4, -0.2) is 43.0 Å². The van der Waals surface area contributed by atoms with Gasteiger partial charge < -0.3 is 14.5 Å². The molecule has 0 N–H and O–H groups in total. The molecule has 0 spiro atoms. The summed E-state index contributed by atoms with van der Waals surface area (Å²) in [5, 5.41) is 0. The zero-order chi connectivity index (χ0) is 23.8. The van der Waals surface area contributed by atoms with Crippen molar-refractivity contribution in [3.05, 3.63) is 107 Å². The summed E-state index contributed by atoms with van der Waals surface area (Å²) in [5.74, 6) is -0.486. The molecular formula is C28H27FN2O3. The van der Waals surface area contributed by atoms with Crippen molar-refractivity contribution in [2.75, 3.05) is 31.2 Å². The lowest BCUT2D eigenvalue weighted by molar-refractivity contribution is -0.134. The highest BCUT2D eigenvalue weighted by atomic mass is 19.1. The molecule has 174 valence electrons. The SMILES string of the molecule is O=C(Cc1cccc(N(Cc2ccc(F)cc2)C(=O)/C=C/c2ccccc2)c1)N1CCOCC1. The van der Waals surface area contributed by atoms with Gasteiger partial charge in [-0.15, -0.1) is 0 Å². The van der Waals surface area contributed by atoms with Gasteiger partial charge in [0.1, 0.15) is 5.82 Å². The molecule has 0 saturated carbocycles. The highest BCUT2D eigenvalue weighted by molar-refractivity contribution is 6.03. The van der Waals surface area contributed by atoms with Crippen LogP contribution in [0.25, 0.3) is 6.08 Å². The van der Waals surface area contributed by atoms with E-state index in [0.717, 1.165) is 16.7 Å². The first kappa shape index (κ1) is 23.4. The number of benzene rings is 3. The molecule has 5 nitrogen and oxygen atoms in total. The van der Waals surface area contributed by atoms with Gasteiger partial charge in [0.15, 0.2) is 0 Å². The number of hydrogen-bond donors (Lipinski definition) is 0. The Balaban J connectivity index is 1.56. The van der Waals surface area contributed by atoms with E-state index in [1.165, 1.54) is 18.2 Å². The molecule has 0 atom stereocenters. The second-order valence-corrected chi connectivity index (χ2v) is 8.13. The monoisotopic (exact) mass is 458 g/mol. The molecule has 0 radical (unpaired) electrons. The number of rotatable bonds is 7. The minimum Gasteiger partial charge on any atom is -0.378 e. The quantitative estimate of drug-likeness (QED) is 0.491. The summed E-state index contributed by atoms with van der Waals surface area (Å²) in [6.07, 6.45) is 3.56. The fourth-order valence-corrected chi connectivity index (χ4v) is 3.82. The van der Waals surface area contributed by atoms with E-state index in [9.17, 15) is 14.0 Å². The van der Waals surface area contributed by atoms with Gasteiger partial charge in [0, 0.05) is 24.9 Å². The third-order valence-corrected chi connectivity index (χ3v) is 5.68. The van der Waals surface area contributed by atoms with Crippen LogP contribution in [0.3, 0.4) is 0 Å². The maximum Gasteiger partial charge on any atom is 0.251 e. The summed E-state index contributed by atoms with van der Waals surface area (Å²) in [4.78, 5) is 29.4. The summed E-state index contributed by atoms with van der Waals surface area (Å²) < 4.78 is 18.7. The van der Waals surface area contributed by atoms with E-state index in [1.807, 2.05) is 54.6 Å². The molecule has 1 heterocycles. The number of morpholine rings is 1. The van der Waals surface area contributed by atoms with Crippen molar-refractivity contribution in [1.82, 2.24) is 4.90 Å². The molecule has 1 fully saturated rings. The van der Waals surface area contributed by atoms with E-state index in [-0.39, 0.29) is 30.6 Å². The van der Waals surface area contributed by atoms with Crippen molar-refractivity contribution in [3.63, 3.8) is 0 Å². The number of anilines is 1. The Kier molecular flexibility index (Phi) is 7.83. The highest BCUT2D eigenvalue weighted by Gasteiger charge is 2.19. The standard InChI is InChI=1S/C28H27FN2O3/c29-25-12-9-23(10-13-25)21-31(27(32)14-11-22-5-2-1-3-6-22)26-8-4-7-24(19-26)20-28(33)30-15-17-34-18-16-30/h1-14,19H,15-18,20-21H2/b14-11+. The first-order chi connectivity index (χ1) is 16.6. The lowest BCUT2D eigenvalue weighted by atomic mass is 10.1. The zero-order valence-corrected chi connectivity index (χ0v) is 18.9. The maximum absolute atomic E-state index is 13.4. The third-order valence-electron chi connectivity index (χ3n) is 5.68. The zero-order valence-electron chi connectivity index (χ0n) is 18.9. The summed E-state index contributed by atoms with van der Waals surface area (Å²) in [5.41, 5.74) is 3.23. The van der Waals surface area contributed by atoms with Gasteiger partial charge in [0.2, 0.25) is 5.91 Å². The van der Waals surface area contributed by atoms with E-state index < -0.39 is 0 Å². The average molecular weight is 459 g/mol. The fourth-order valence-electron chi connectivity index (χ4n) is 3.82. The maximum atomic E-state index is 13.4. The van der Waals surface area contributed by atoms with Gasteiger partial charge in [-0.3, -0.25) is 9.59 Å². The number of hydrogen-bond acceptors (Lipinski definition) is 3. The van der Waals surface area contributed by atoms with Crippen LogP contribution in [-0.2, 0) is 27.3 Å². The van der Waals surface area contributed by atoms with Crippen LogP contribution < -0.4 is 4.90 Å². The molecule has 0 aromatic heterocycles. The second kappa shape index (κ2) is 11.4. The highest BCUT2D eigenvalue weighted by Crippen LogP contribution is 2.21. The molecule has 0 unspecified atom stereocenters. The van der Waals surface area contributed by atoms with E-state index in [2.05, 4.69) is 0 Å². The van der Waals surface area contributed by atoms with Gasteiger partial charge >= 0.3 is 0 Å². The lowest BCUT2D eigenvalue weighted by Gasteiger charge is -2.27. The summed E-state index contributed by atoms with van der Waals surface area (Å²) in [7, 11) is 0. The first-order valence-electron chi connectivity index (χ1n) is 11.3.